The fourth-order valence-corrected chi connectivity index (χ4v) is 0. The predicted molar refractivity (Wildman–Crippen MR) is 36.1 cm³/mol. The van der Waals surface area contributed by atoms with Gasteiger partial charge in [0.05, 0.1) is 0 Å². The monoisotopic (exact) mass is 308 g/mol. The van der Waals surface area contributed by atoms with Gasteiger partial charge >= 0.3 is 29.6 Å². The largest absolute Gasteiger partial charge is 1.00 e. The van der Waals surface area contributed by atoms with Crippen LogP contribution in [-0.2, 0) is 10.1 Å². The molecular weight excluding hydrogens is 310 g/mol. The van der Waals surface area contributed by atoms with Crippen LogP contribution in [0, 0.1) is 0 Å². The SMILES string of the molecule is O=S(=O)([O-])C(Cl)(Br)Br.[Na+]. The Morgan fingerprint density at radius 2 is 1.56 bits per heavy atom. The minimum Gasteiger partial charge on any atom is -0.745 e. The van der Waals surface area contributed by atoms with Gasteiger partial charge in [0.1, 0.15) is 10.1 Å². The van der Waals surface area contributed by atoms with Crippen molar-refractivity contribution < 1.29 is 42.5 Å². The molecule has 0 aromatic heterocycles. The smallest absolute Gasteiger partial charge is 0.745 e. The van der Waals surface area contributed by atoms with E-state index in [0.29, 0.717) is 0 Å². The van der Waals surface area contributed by atoms with Gasteiger partial charge in [-0.2, -0.15) is 0 Å². The number of alkyl halides is 3. The van der Waals surface area contributed by atoms with E-state index in [1.54, 1.807) is 0 Å². The van der Waals surface area contributed by atoms with Crippen LogP contribution in [0.3, 0.4) is 0 Å². The van der Waals surface area contributed by atoms with Gasteiger partial charge in [0.15, 0.2) is 0 Å². The third-order valence-corrected chi connectivity index (χ3v) is 3.80. The first-order chi connectivity index (χ1) is 3.25. The maximum absolute atomic E-state index is 9.87. The first-order valence-corrected chi connectivity index (χ1v) is 4.64. The van der Waals surface area contributed by atoms with Crippen LogP contribution in [-0.4, -0.2) is 15.0 Å². The molecule has 0 heterocycles. The molecule has 0 radical (unpaired) electrons. The summed E-state index contributed by atoms with van der Waals surface area (Å²) in [5, 5.41) is 0. The van der Waals surface area contributed by atoms with Crippen molar-refractivity contribution in [3.05, 3.63) is 0 Å². The van der Waals surface area contributed by atoms with Crippen molar-refractivity contribution >= 4 is 53.6 Å². The topological polar surface area (TPSA) is 57.2 Å². The van der Waals surface area contributed by atoms with Gasteiger partial charge in [-0.05, 0) is 31.9 Å². The van der Waals surface area contributed by atoms with Crippen LogP contribution in [0.4, 0.5) is 0 Å². The fraction of sp³-hybridized carbons (Fsp3) is 1.00. The Bertz CT molecular complexity index is 171. The Labute approximate surface area is 96.8 Å². The van der Waals surface area contributed by atoms with Gasteiger partial charge in [-0.15, -0.1) is 0 Å². The van der Waals surface area contributed by atoms with E-state index in [-0.39, 0.29) is 29.6 Å². The van der Waals surface area contributed by atoms with E-state index in [1.165, 1.54) is 0 Å². The normalized spacial score (nSPS) is 12.4. The van der Waals surface area contributed by atoms with Crippen LogP contribution in [0.15, 0.2) is 0 Å². The second-order valence-electron chi connectivity index (χ2n) is 0.900. The number of hydrogen-bond donors (Lipinski definition) is 0. The van der Waals surface area contributed by atoms with E-state index in [9.17, 15) is 13.0 Å². The average molecular weight is 310 g/mol. The molecule has 9 heavy (non-hydrogen) atoms. The van der Waals surface area contributed by atoms with Crippen molar-refractivity contribution in [3.8, 4) is 0 Å². The fourth-order valence-electron chi connectivity index (χ4n) is 0. The molecule has 0 aliphatic carbocycles. The number of halogens is 3. The molecule has 0 rings (SSSR count). The zero-order valence-corrected chi connectivity index (χ0v) is 11.0. The van der Waals surface area contributed by atoms with Crippen LogP contribution >= 0.6 is 43.5 Å². The van der Waals surface area contributed by atoms with E-state index in [0.717, 1.165) is 0 Å². The van der Waals surface area contributed by atoms with Crippen molar-refractivity contribution in [3.63, 3.8) is 0 Å². The Hall–Kier alpha value is 2.16. The Morgan fingerprint density at radius 3 is 1.56 bits per heavy atom. The maximum Gasteiger partial charge on any atom is 1.00 e. The summed E-state index contributed by atoms with van der Waals surface area (Å²) in [4.78, 5) is 0. The summed E-state index contributed by atoms with van der Waals surface area (Å²) in [7, 11) is -4.49. The van der Waals surface area contributed by atoms with Crippen LogP contribution < -0.4 is 29.6 Å². The minimum atomic E-state index is -4.49. The van der Waals surface area contributed by atoms with Crippen molar-refractivity contribution in [1.82, 2.24) is 0 Å². The molecule has 0 atom stereocenters. The maximum atomic E-state index is 9.87. The van der Waals surface area contributed by atoms with Crippen molar-refractivity contribution in [2.75, 3.05) is 0 Å². The number of hydrogen-bond acceptors (Lipinski definition) is 3. The summed E-state index contributed by atoms with van der Waals surface area (Å²) in [6, 6.07) is 0. The molecule has 0 spiro atoms. The van der Waals surface area contributed by atoms with Crippen LogP contribution in [0.5, 0.6) is 0 Å². The van der Waals surface area contributed by atoms with E-state index in [2.05, 4.69) is 31.9 Å². The van der Waals surface area contributed by atoms with Crippen LogP contribution in [0.25, 0.3) is 0 Å². The summed E-state index contributed by atoms with van der Waals surface area (Å²) in [5.74, 6) is 0. The van der Waals surface area contributed by atoms with Crippen molar-refractivity contribution in [2.45, 2.75) is 2.02 Å². The zero-order chi connectivity index (χ0) is 7.00. The molecule has 8 heteroatoms. The molecule has 3 nitrogen and oxygen atoms in total. The molecule has 0 aliphatic rings. The molecule has 0 amide bonds. The van der Waals surface area contributed by atoms with Gasteiger partial charge in [0.2, 0.25) is 2.02 Å². The second-order valence-corrected chi connectivity index (χ2v) is 8.62. The zero-order valence-electron chi connectivity index (χ0n) is 4.27. The van der Waals surface area contributed by atoms with Crippen molar-refractivity contribution in [1.29, 1.82) is 0 Å². The Balaban J connectivity index is 0. The molecule has 0 aromatic carbocycles. The van der Waals surface area contributed by atoms with Crippen LogP contribution in [0.2, 0.25) is 0 Å². The average Bonchev–Trinajstić information content (AvgIpc) is 1.25. The van der Waals surface area contributed by atoms with E-state index in [1.807, 2.05) is 0 Å². The summed E-state index contributed by atoms with van der Waals surface area (Å²) in [5.41, 5.74) is 0. The van der Waals surface area contributed by atoms with E-state index in [4.69, 9.17) is 11.6 Å². The molecule has 0 unspecified atom stereocenters. The minimum absolute atomic E-state index is 0. The van der Waals surface area contributed by atoms with Crippen LogP contribution in [0.1, 0.15) is 0 Å². The molecule has 0 aliphatic heterocycles. The molecular formula is CBr2ClNaO3S. The van der Waals surface area contributed by atoms with Gasteiger partial charge in [0, 0.05) is 0 Å². The first-order valence-electron chi connectivity index (χ1n) is 1.27. The molecule has 0 aromatic rings. The molecule has 50 valence electrons. The summed E-state index contributed by atoms with van der Waals surface area (Å²) >= 11 is 9.70. The summed E-state index contributed by atoms with van der Waals surface area (Å²) in [6.45, 7) is 0. The molecule has 0 N–H and O–H groups in total. The third kappa shape index (κ3) is 5.43. The standard InChI is InChI=1S/CHBr2ClO3S.Na/c2-1(3,4)8(5,6)7;/h(H,5,6,7);/q;+1/p-1. The van der Waals surface area contributed by atoms with Gasteiger partial charge in [-0.25, -0.2) is 8.42 Å². The molecule has 0 saturated heterocycles. The molecule has 0 bridgehead atoms. The van der Waals surface area contributed by atoms with Gasteiger partial charge in [-0.1, -0.05) is 11.6 Å². The van der Waals surface area contributed by atoms with Crippen molar-refractivity contribution in [2.24, 2.45) is 0 Å². The third-order valence-electron chi connectivity index (χ3n) is 0.283. The summed E-state index contributed by atoms with van der Waals surface area (Å²) < 4.78 is 27.6. The quantitative estimate of drug-likeness (QED) is 0.325. The summed E-state index contributed by atoms with van der Waals surface area (Å²) in [6.07, 6.45) is 0. The first kappa shape index (κ1) is 13.7. The van der Waals surface area contributed by atoms with Gasteiger partial charge in [0.25, 0.3) is 0 Å². The van der Waals surface area contributed by atoms with Gasteiger partial charge < -0.3 is 4.55 Å². The Morgan fingerprint density at radius 1 is 1.44 bits per heavy atom. The molecule has 0 saturated carbocycles. The molecule has 0 fully saturated rings. The second kappa shape index (κ2) is 4.25. The van der Waals surface area contributed by atoms with E-state index >= 15 is 0 Å². The Kier molecular flexibility index (Phi) is 6.49. The number of rotatable bonds is 1. The predicted octanol–water partition coefficient (Wildman–Crippen LogP) is -1.82. The van der Waals surface area contributed by atoms with Gasteiger partial charge in [-0.3, -0.25) is 0 Å². The van der Waals surface area contributed by atoms with E-state index < -0.39 is 12.1 Å².